The number of nitrogens with zero attached hydrogens (tertiary/aromatic N) is 2. The van der Waals surface area contributed by atoms with Gasteiger partial charge in [-0.25, -0.2) is 0 Å². The van der Waals surface area contributed by atoms with Crippen LogP contribution in [0.5, 0.6) is 0 Å². The van der Waals surface area contributed by atoms with E-state index in [2.05, 4.69) is 168 Å². The second-order valence-corrected chi connectivity index (χ2v) is 14.8. The minimum atomic E-state index is -0.262. The predicted molar refractivity (Wildman–Crippen MR) is 213 cm³/mol. The van der Waals surface area contributed by atoms with Gasteiger partial charge in [0.2, 0.25) is 0 Å². The van der Waals surface area contributed by atoms with E-state index in [4.69, 9.17) is 0 Å². The van der Waals surface area contributed by atoms with Crippen molar-refractivity contribution in [2.24, 2.45) is 0 Å². The monoisotopic (exact) mass is 660 g/mol. The molecule has 0 aliphatic heterocycles. The molecular weight excluding hydrogens is 617 g/mol. The number of hydrogen-bond donors (Lipinski definition) is 0. The highest BCUT2D eigenvalue weighted by Crippen LogP contribution is 2.65. The fraction of sp³-hybridized carbons (Fsp3) is 0.224. The highest BCUT2D eigenvalue weighted by molar-refractivity contribution is 5.91. The molecule has 7 aliphatic rings. The van der Waals surface area contributed by atoms with E-state index < -0.39 is 0 Å². The molecule has 51 heavy (non-hydrogen) atoms. The first kappa shape index (κ1) is 30.5. The van der Waals surface area contributed by atoms with Gasteiger partial charge in [-0.05, 0) is 132 Å². The van der Waals surface area contributed by atoms with Crippen molar-refractivity contribution in [3.63, 3.8) is 0 Å². The summed E-state index contributed by atoms with van der Waals surface area (Å²) < 4.78 is 0. The fourth-order valence-corrected chi connectivity index (χ4v) is 10.2. The molecule has 0 N–H and O–H groups in total. The van der Waals surface area contributed by atoms with E-state index in [0.717, 1.165) is 51.4 Å². The van der Waals surface area contributed by atoms with E-state index in [1.54, 1.807) is 16.7 Å². The third-order valence-corrected chi connectivity index (χ3v) is 12.2. The molecule has 0 aromatic heterocycles. The summed E-state index contributed by atoms with van der Waals surface area (Å²) in [6.07, 6.45) is 37.5. The summed E-state index contributed by atoms with van der Waals surface area (Å²) in [6, 6.07) is 32.0. The molecule has 7 aliphatic carbocycles. The maximum atomic E-state index is 2.64. The molecule has 2 nitrogen and oxygen atoms in total. The molecule has 0 saturated carbocycles. The van der Waals surface area contributed by atoms with Crippen LogP contribution in [0.25, 0.3) is 5.57 Å². The van der Waals surface area contributed by atoms with E-state index in [9.17, 15) is 0 Å². The molecule has 0 saturated heterocycles. The molecule has 3 aromatic carbocycles. The molecule has 0 heterocycles. The van der Waals surface area contributed by atoms with Gasteiger partial charge in [0.25, 0.3) is 0 Å². The van der Waals surface area contributed by atoms with Crippen molar-refractivity contribution in [3.8, 4) is 0 Å². The van der Waals surface area contributed by atoms with Crippen LogP contribution in [0, 0.1) is 0 Å². The summed E-state index contributed by atoms with van der Waals surface area (Å²) in [7, 11) is 0. The second-order valence-electron chi connectivity index (χ2n) is 14.8. The van der Waals surface area contributed by atoms with Gasteiger partial charge in [0.05, 0.1) is 17.5 Å². The van der Waals surface area contributed by atoms with Crippen molar-refractivity contribution in [2.45, 2.75) is 68.9 Å². The van der Waals surface area contributed by atoms with Crippen LogP contribution in [0.2, 0.25) is 0 Å². The van der Waals surface area contributed by atoms with Gasteiger partial charge in [0.1, 0.15) is 0 Å². The third-order valence-electron chi connectivity index (χ3n) is 12.2. The summed E-state index contributed by atoms with van der Waals surface area (Å²) in [4.78, 5) is 5.24. The Balaban J connectivity index is 1.13. The molecule has 2 heteroatoms. The Morgan fingerprint density at radius 1 is 0.569 bits per heavy atom. The number of anilines is 2. The Bertz CT molecular complexity index is 2210. The number of para-hydroxylation sites is 2. The summed E-state index contributed by atoms with van der Waals surface area (Å²) in [5.74, 6) is 0. The summed E-state index contributed by atoms with van der Waals surface area (Å²) in [5.41, 5.74) is 17.1. The Morgan fingerprint density at radius 3 is 1.90 bits per heavy atom. The Hall–Kier alpha value is -5.34. The van der Waals surface area contributed by atoms with Crippen molar-refractivity contribution >= 4 is 16.9 Å². The molecule has 1 spiro atoms. The number of allylic oxidation sites excluding steroid dienone is 15. The van der Waals surface area contributed by atoms with Gasteiger partial charge in [-0.1, -0.05) is 121 Å². The minimum Gasteiger partial charge on any atom is -0.338 e. The zero-order valence-corrected chi connectivity index (χ0v) is 29.2. The van der Waals surface area contributed by atoms with Gasteiger partial charge < -0.3 is 9.80 Å². The molecule has 250 valence electrons. The second kappa shape index (κ2) is 12.5. The van der Waals surface area contributed by atoms with Crippen LogP contribution in [-0.2, 0) is 5.41 Å². The van der Waals surface area contributed by atoms with E-state index in [1.165, 1.54) is 50.6 Å². The molecule has 0 bridgehead atoms. The lowest BCUT2D eigenvalue weighted by Gasteiger charge is -2.43. The first-order chi connectivity index (χ1) is 25.3. The van der Waals surface area contributed by atoms with Crippen LogP contribution < -0.4 is 9.80 Å². The Kier molecular flexibility index (Phi) is 7.45. The quantitative estimate of drug-likeness (QED) is 0.260. The molecule has 3 aromatic rings. The number of fused-ring (bicyclic) bond motifs is 7. The Labute approximate surface area is 302 Å². The first-order valence-electron chi connectivity index (χ1n) is 19.1. The van der Waals surface area contributed by atoms with Crippen molar-refractivity contribution in [1.82, 2.24) is 0 Å². The van der Waals surface area contributed by atoms with Gasteiger partial charge in [-0.15, -0.1) is 0 Å². The van der Waals surface area contributed by atoms with Gasteiger partial charge >= 0.3 is 0 Å². The summed E-state index contributed by atoms with van der Waals surface area (Å²) in [6.45, 7) is 0. The van der Waals surface area contributed by atoms with Crippen molar-refractivity contribution in [3.05, 3.63) is 208 Å². The summed E-state index contributed by atoms with van der Waals surface area (Å²) in [5, 5.41) is 0. The molecular formula is C49H44N2. The van der Waals surface area contributed by atoms with Crippen LogP contribution in [0.1, 0.15) is 62.5 Å². The van der Waals surface area contributed by atoms with Crippen molar-refractivity contribution in [2.75, 3.05) is 9.80 Å². The average Bonchev–Trinajstić information content (AvgIpc) is 3.67. The summed E-state index contributed by atoms with van der Waals surface area (Å²) >= 11 is 0. The lowest BCUT2D eigenvalue weighted by atomic mass is 9.64. The molecule has 10 rings (SSSR count). The molecule has 3 unspecified atom stereocenters. The highest BCUT2D eigenvalue weighted by atomic mass is 15.2. The third kappa shape index (κ3) is 4.76. The topological polar surface area (TPSA) is 6.48 Å². The maximum Gasteiger partial charge on any atom is 0.0649 e. The minimum absolute atomic E-state index is 0.211. The van der Waals surface area contributed by atoms with E-state index in [-0.39, 0.29) is 17.5 Å². The van der Waals surface area contributed by atoms with Crippen molar-refractivity contribution in [1.29, 1.82) is 0 Å². The van der Waals surface area contributed by atoms with E-state index in [0.29, 0.717) is 0 Å². The fourth-order valence-electron chi connectivity index (χ4n) is 10.2. The van der Waals surface area contributed by atoms with E-state index >= 15 is 0 Å². The molecule has 3 atom stereocenters. The normalized spacial score (nSPS) is 25.5. The molecule has 0 fully saturated rings. The molecule has 0 radical (unpaired) electrons. The van der Waals surface area contributed by atoms with Gasteiger partial charge in [-0.2, -0.15) is 0 Å². The number of benzene rings is 3. The van der Waals surface area contributed by atoms with Crippen LogP contribution >= 0.6 is 0 Å². The van der Waals surface area contributed by atoms with Crippen LogP contribution in [-0.4, -0.2) is 12.1 Å². The predicted octanol–water partition coefficient (Wildman–Crippen LogP) is 11.8. The van der Waals surface area contributed by atoms with Crippen molar-refractivity contribution < 1.29 is 0 Å². The molecule has 0 amide bonds. The zero-order valence-electron chi connectivity index (χ0n) is 29.2. The van der Waals surface area contributed by atoms with E-state index in [1.807, 2.05) is 0 Å². The van der Waals surface area contributed by atoms with Gasteiger partial charge in [-0.3, -0.25) is 0 Å². The van der Waals surface area contributed by atoms with Crippen LogP contribution in [0.3, 0.4) is 0 Å². The zero-order chi connectivity index (χ0) is 33.8. The number of rotatable bonds is 6. The first-order valence-corrected chi connectivity index (χ1v) is 19.1. The number of hydrogen-bond acceptors (Lipinski definition) is 2. The lowest BCUT2D eigenvalue weighted by molar-refractivity contribution is 0.592. The smallest absolute Gasteiger partial charge is 0.0649 e. The highest BCUT2D eigenvalue weighted by Gasteiger charge is 2.56. The van der Waals surface area contributed by atoms with Crippen LogP contribution in [0.4, 0.5) is 11.4 Å². The standard InChI is InChI=1S/C49H44N2/c1-5-17-35(18-6-1)50(36-19-7-2-8-20-36)39-29-31-43-44-32-30-40(51(37-21-9-3-10-22-37)38-23-11-4-12-24-38)34-48(44)49(47(43)33-39)45-27-15-13-25-41(45)42-26-14-16-28-46(42)49/h1-3,5-7,9-11,13,15-19,21-25,27-32,39-40H,4,8,12,14,20,26,33-34H2. The van der Waals surface area contributed by atoms with Gasteiger partial charge in [0.15, 0.2) is 0 Å². The van der Waals surface area contributed by atoms with Gasteiger partial charge in [0, 0.05) is 22.8 Å². The average molecular weight is 661 g/mol. The van der Waals surface area contributed by atoms with Crippen LogP contribution in [0.15, 0.2) is 197 Å². The Morgan fingerprint density at radius 2 is 1.22 bits per heavy atom. The lowest BCUT2D eigenvalue weighted by Crippen LogP contribution is -2.41. The maximum absolute atomic E-state index is 2.64. The largest absolute Gasteiger partial charge is 0.338 e. The SMILES string of the molecule is C1=CCCC(N(c2ccccc2)C2C=CC3=C(C2)C2(C4=C(CCC=C4)c4ccccc42)C2=C3C=CC(N(C3=CCCC=C3)c3ccccc3)C2)=C1.